The molecule has 1 heterocycles. The number of carboxylic acid groups (broad SMARTS) is 3. The number of aromatic hydroxyl groups is 1. The molecule has 0 aliphatic heterocycles. The van der Waals surface area contributed by atoms with Crippen molar-refractivity contribution >= 4 is 62.8 Å². The minimum atomic E-state index is -2.74. The van der Waals surface area contributed by atoms with Crippen LogP contribution < -0.4 is 15.5 Å². The van der Waals surface area contributed by atoms with Crippen LogP contribution in [0.1, 0.15) is 36.5 Å². The molecule has 44 heavy (non-hydrogen) atoms. The molecule has 0 aliphatic rings. The molecular weight excluding hydrogens is 638 g/mol. The molecular formula is C28H36ClN3O10S2. The first-order chi connectivity index (χ1) is 20.8. The lowest BCUT2D eigenvalue weighted by atomic mass is 9.96. The minimum absolute atomic E-state index is 0.0204. The summed E-state index contributed by atoms with van der Waals surface area (Å²) in [5, 5.41) is 61.7. The van der Waals surface area contributed by atoms with Gasteiger partial charge in [0.05, 0.1) is 23.6 Å². The number of phenols is 1. The van der Waals surface area contributed by atoms with Crippen LogP contribution in [0.15, 0.2) is 41.2 Å². The molecule has 0 amide bonds. The topological polar surface area (TPSA) is 230 Å². The molecule has 0 radical (unpaired) electrons. The van der Waals surface area contributed by atoms with E-state index in [1.165, 1.54) is 11.6 Å². The highest BCUT2D eigenvalue weighted by Gasteiger charge is 2.40. The zero-order chi connectivity index (χ0) is 32.7. The van der Waals surface area contributed by atoms with Crippen molar-refractivity contribution < 1.29 is 45.0 Å². The number of nitrogens with one attached hydrogen (secondary N) is 3. The number of rotatable bonds is 18. The second-order valence-corrected chi connectivity index (χ2v) is 12.3. The van der Waals surface area contributed by atoms with E-state index in [1.807, 2.05) is 30.0 Å². The Hall–Kier alpha value is -3.18. The Morgan fingerprint density at radius 2 is 1.66 bits per heavy atom. The fourth-order valence-electron chi connectivity index (χ4n) is 3.96. The van der Waals surface area contributed by atoms with Gasteiger partial charge in [-0.2, -0.15) is 11.8 Å². The first-order valence-corrected chi connectivity index (χ1v) is 15.8. The number of aromatic nitrogens is 1. The normalized spacial score (nSPS) is 12.0. The average molecular weight is 674 g/mol. The number of aliphatic carboxylic acids is 3. The fourth-order valence-corrected chi connectivity index (χ4v) is 5.95. The van der Waals surface area contributed by atoms with E-state index >= 15 is 0 Å². The number of aromatic amines is 1. The van der Waals surface area contributed by atoms with E-state index in [0.717, 1.165) is 60.3 Å². The van der Waals surface area contributed by atoms with Gasteiger partial charge in [-0.15, -0.1) is 0 Å². The SMILES string of the molecule is O=C(O)CC(O)(CC(=O)O)C(=O)O.O=c1[nH]c2c(O)ccc([C@@H](O)CNCCSCCCNCCc3ccccc3Cl)c2s1. The number of thiazole rings is 1. The highest BCUT2D eigenvalue weighted by molar-refractivity contribution is 7.99. The second-order valence-electron chi connectivity index (χ2n) is 9.65. The lowest BCUT2D eigenvalue weighted by molar-refractivity contribution is -0.170. The molecule has 13 nitrogen and oxygen atoms in total. The summed E-state index contributed by atoms with van der Waals surface area (Å²) in [5.74, 6) is -2.95. The maximum atomic E-state index is 11.6. The van der Waals surface area contributed by atoms with Crippen molar-refractivity contribution in [2.45, 2.75) is 37.4 Å². The standard InChI is InChI=1S/C22H28ClN3O3S2.C6H8O7/c23-17-5-2-1-4-15(17)8-10-24-9-3-12-30-13-11-25-14-19(28)16-6-7-18(27)20-21(16)31-22(29)26-20;7-3(8)1-6(13,5(11)12)2-4(9)10/h1-2,4-7,19,24-25,27-28H,3,8-14H2,(H,26,29);13H,1-2H2,(H,7,8)(H,9,10)(H,11,12)/t19-;/m0./s1. The summed E-state index contributed by atoms with van der Waals surface area (Å²) >= 11 is 9.04. The van der Waals surface area contributed by atoms with Gasteiger partial charge in [-0.3, -0.25) is 14.4 Å². The molecule has 3 aromatic rings. The van der Waals surface area contributed by atoms with Crippen LogP contribution in [0, 0.1) is 0 Å². The summed E-state index contributed by atoms with van der Waals surface area (Å²) in [6.45, 7) is 3.11. The largest absolute Gasteiger partial charge is 0.506 e. The molecule has 242 valence electrons. The molecule has 0 fully saturated rings. The van der Waals surface area contributed by atoms with Crippen LogP contribution >= 0.6 is 34.7 Å². The molecule has 1 atom stereocenters. The van der Waals surface area contributed by atoms with Crippen LogP contribution in [0.3, 0.4) is 0 Å². The van der Waals surface area contributed by atoms with Gasteiger partial charge in [-0.05, 0) is 49.4 Å². The van der Waals surface area contributed by atoms with Crippen LogP contribution in [0.4, 0.5) is 0 Å². The van der Waals surface area contributed by atoms with E-state index in [2.05, 4.69) is 21.7 Å². The van der Waals surface area contributed by atoms with Gasteiger partial charge in [0, 0.05) is 29.4 Å². The average Bonchev–Trinajstić information content (AvgIpc) is 3.34. The summed E-state index contributed by atoms with van der Waals surface area (Å²) in [6, 6.07) is 11.1. The first kappa shape index (κ1) is 37.0. The van der Waals surface area contributed by atoms with Gasteiger partial charge in [-0.1, -0.05) is 47.2 Å². The number of hydrogen-bond donors (Lipinski definition) is 9. The van der Waals surface area contributed by atoms with Crippen LogP contribution in [0.25, 0.3) is 10.2 Å². The van der Waals surface area contributed by atoms with Gasteiger partial charge in [0.25, 0.3) is 0 Å². The van der Waals surface area contributed by atoms with Crippen molar-refractivity contribution in [1.29, 1.82) is 0 Å². The van der Waals surface area contributed by atoms with E-state index in [0.29, 0.717) is 22.3 Å². The smallest absolute Gasteiger partial charge is 0.336 e. The number of fused-ring (bicyclic) bond motifs is 1. The molecule has 0 unspecified atom stereocenters. The first-order valence-electron chi connectivity index (χ1n) is 13.5. The van der Waals surface area contributed by atoms with Crippen LogP contribution in [-0.4, -0.2) is 96.8 Å². The van der Waals surface area contributed by atoms with Crippen molar-refractivity contribution in [1.82, 2.24) is 15.6 Å². The molecule has 2 aromatic carbocycles. The lowest BCUT2D eigenvalue weighted by Gasteiger charge is -2.18. The summed E-state index contributed by atoms with van der Waals surface area (Å²) in [4.78, 5) is 44.4. The second kappa shape index (κ2) is 18.6. The number of carboxylic acids is 3. The van der Waals surface area contributed by atoms with Crippen molar-refractivity contribution in [3.63, 3.8) is 0 Å². The number of carbonyl (C=O) groups is 3. The third-order valence-corrected chi connectivity index (χ3v) is 8.53. The number of phenolic OH excluding ortho intramolecular Hbond substituents is 1. The molecule has 0 bridgehead atoms. The van der Waals surface area contributed by atoms with Crippen LogP contribution in [0.2, 0.25) is 5.02 Å². The quantitative estimate of drug-likeness (QED) is 0.0884. The summed E-state index contributed by atoms with van der Waals surface area (Å²) in [6.07, 6.45) is -0.981. The third kappa shape index (κ3) is 12.4. The predicted molar refractivity (Wildman–Crippen MR) is 169 cm³/mol. The molecule has 3 rings (SSSR count). The van der Waals surface area contributed by atoms with E-state index in [4.69, 9.17) is 32.0 Å². The van der Waals surface area contributed by atoms with Gasteiger partial charge >= 0.3 is 22.8 Å². The summed E-state index contributed by atoms with van der Waals surface area (Å²) < 4.78 is 0.607. The number of halogens is 1. The lowest BCUT2D eigenvalue weighted by Crippen LogP contribution is -2.42. The number of aliphatic hydroxyl groups excluding tert-OH is 1. The van der Waals surface area contributed by atoms with Gasteiger partial charge in [-0.25, -0.2) is 4.79 Å². The highest BCUT2D eigenvalue weighted by Crippen LogP contribution is 2.31. The zero-order valence-electron chi connectivity index (χ0n) is 23.6. The minimum Gasteiger partial charge on any atom is -0.506 e. The Labute approximate surface area is 265 Å². The van der Waals surface area contributed by atoms with Crippen LogP contribution in [0.5, 0.6) is 5.75 Å². The number of hydrogen-bond acceptors (Lipinski definition) is 11. The highest BCUT2D eigenvalue weighted by atomic mass is 35.5. The maximum Gasteiger partial charge on any atom is 0.336 e. The van der Waals surface area contributed by atoms with E-state index < -0.39 is 42.5 Å². The molecule has 1 aromatic heterocycles. The molecule has 16 heteroatoms. The summed E-state index contributed by atoms with van der Waals surface area (Å²) in [7, 11) is 0. The van der Waals surface area contributed by atoms with Crippen molar-refractivity contribution in [2.24, 2.45) is 0 Å². The number of benzene rings is 2. The maximum absolute atomic E-state index is 11.6. The fraction of sp³-hybridized carbons (Fsp3) is 0.429. The molecule has 0 saturated carbocycles. The predicted octanol–water partition coefficient (Wildman–Crippen LogP) is 2.28. The Kier molecular flexibility index (Phi) is 15.6. The monoisotopic (exact) mass is 673 g/mol. The number of thioether (sulfide) groups is 1. The molecule has 0 aliphatic carbocycles. The Morgan fingerprint density at radius 1 is 0.977 bits per heavy atom. The Morgan fingerprint density at radius 3 is 2.30 bits per heavy atom. The van der Waals surface area contributed by atoms with Gasteiger partial charge in [0.1, 0.15) is 11.3 Å². The van der Waals surface area contributed by atoms with Crippen molar-refractivity contribution in [3.05, 3.63) is 62.2 Å². The third-order valence-electron chi connectivity index (χ3n) is 6.16. The number of H-pyrrole nitrogens is 1. The van der Waals surface area contributed by atoms with Crippen LogP contribution in [-0.2, 0) is 20.8 Å². The summed E-state index contributed by atoms with van der Waals surface area (Å²) in [5.41, 5.74) is -0.516. The van der Waals surface area contributed by atoms with Gasteiger partial charge in [0.15, 0.2) is 5.60 Å². The Balaban J connectivity index is 0.000000439. The van der Waals surface area contributed by atoms with E-state index in [1.54, 1.807) is 6.07 Å². The van der Waals surface area contributed by atoms with E-state index in [9.17, 15) is 29.4 Å². The zero-order valence-corrected chi connectivity index (χ0v) is 26.0. The Bertz CT molecular complexity index is 1430. The molecule has 0 spiro atoms. The van der Waals surface area contributed by atoms with Gasteiger partial charge < -0.3 is 46.3 Å². The number of aliphatic hydroxyl groups is 2. The van der Waals surface area contributed by atoms with E-state index in [-0.39, 0.29) is 10.6 Å². The van der Waals surface area contributed by atoms with Gasteiger partial charge in [0.2, 0.25) is 0 Å². The van der Waals surface area contributed by atoms with Crippen molar-refractivity contribution in [3.8, 4) is 5.75 Å². The molecule has 0 saturated heterocycles. The van der Waals surface area contributed by atoms with Crippen molar-refractivity contribution in [2.75, 3.05) is 37.7 Å². The molecule has 9 N–H and O–H groups in total.